The van der Waals surface area contributed by atoms with Gasteiger partial charge in [-0.05, 0) is 81.0 Å². The van der Waals surface area contributed by atoms with Gasteiger partial charge in [0.1, 0.15) is 0 Å². The summed E-state index contributed by atoms with van der Waals surface area (Å²) in [5.74, 6) is -0.0624. The normalized spacial score (nSPS) is 21.4. The van der Waals surface area contributed by atoms with Crippen LogP contribution in [0, 0.1) is 17.2 Å². The minimum absolute atomic E-state index is 0.0925. The average molecular weight is 529 g/mol. The zero-order valence-corrected chi connectivity index (χ0v) is 22.2. The molecule has 2 aliphatic carbocycles. The van der Waals surface area contributed by atoms with Crippen LogP contribution in [0.5, 0.6) is 0 Å². The summed E-state index contributed by atoms with van der Waals surface area (Å²) in [5, 5.41) is 15.2. The summed E-state index contributed by atoms with van der Waals surface area (Å²) in [6, 6.07) is 14.2. The molecule has 5 rings (SSSR count). The van der Waals surface area contributed by atoms with E-state index in [-0.39, 0.29) is 35.7 Å². The monoisotopic (exact) mass is 528 g/mol. The molecular weight excluding hydrogens is 492 g/mol. The predicted molar refractivity (Wildman–Crippen MR) is 149 cm³/mol. The third kappa shape index (κ3) is 6.23. The molecule has 39 heavy (non-hydrogen) atoms. The molecule has 0 aromatic heterocycles. The summed E-state index contributed by atoms with van der Waals surface area (Å²) in [6.07, 6.45) is 6.61. The number of nitrogens with one attached hydrogen (secondary N) is 2. The fourth-order valence-corrected chi connectivity index (χ4v) is 5.56. The Morgan fingerprint density at radius 3 is 2.13 bits per heavy atom. The van der Waals surface area contributed by atoms with Crippen molar-refractivity contribution >= 4 is 29.1 Å². The molecule has 204 valence electrons. The number of amides is 3. The Balaban J connectivity index is 1.33. The van der Waals surface area contributed by atoms with E-state index in [1.165, 1.54) is 0 Å². The molecule has 1 saturated heterocycles. The van der Waals surface area contributed by atoms with Gasteiger partial charge in [0.25, 0.3) is 11.8 Å². The van der Waals surface area contributed by atoms with Crippen LogP contribution in [0.4, 0.5) is 11.4 Å². The quantitative estimate of drug-likeness (QED) is 0.527. The van der Waals surface area contributed by atoms with E-state index in [2.05, 4.69) is 21.6 Å². The van der Waals surface area contributed by atoms with E-state index in [1.54, 1.807) is 36.4 Å². The van der Waals surface area contributed by atoms with Gasteiger partial charge in [-0.1, -0.05) is 6.42 Å². The van der Waals surface area contributed by atoms with Gasteiger partial charge in [0.05, 0.1) is 23.0 Å². The van der Waals surface area contributed by atoms with Crippen molar-refractivity contribution in [1.29, 1.82) is 5.26 Å². The second-order valence-electron chi connectivity index (χ2n) is 10.9. The van der Waals surface area contributed by atoms with Crippen molar-refractivity contribution in [3.63, 3.8) is 0 Å². The summed E-state index contributed by atoms with van der Waals surface area (Å²) in [6.45, 7) is 2.55. The topological polar surface area (TPSA) is 132 Å². The molecule has 9 heteroatoms. The average Bonchev–Trinajstić information content (AvgIpc) is 2.93. The molecule has 4 N–H and O–H groups in total. The summed E-state index contributed by atoms with van der Waals surface area (Å²) in [5.41, 5.74) is 8.74. The summed E-state index contributed by atoms with van der Waals surface area (Å²) in [4.78, 5) is 43.1. The highest BCUT2D eigenvalue weighted by atomic mass is 16.2. The first kappa shape index (κ1) is 26.7. The summed E-state index contributed by atoms with van der Waals surface area (Å²) >= 11 is 0. The first-order valence-electron chi connectivity index (χ1n) is 14.0. The molecule has 0 atom stereocenters. The fraction of sp³-hybridized carbons (Fsp3) is 0.467. The third-order valence-corrected chi connectivity index (χ3v) is 8.28. The number of hydrogen-bond donors (Lipinski definition) is 3. The van der Waals surface area contributed by atoms with Gasteiger partial charge in [-0.15, -0.1) is 0 Å². The Bertz CT molecular complexity index is 1250. The molecule has 3 aliphatic rings. The standard InChI is InChI=1S/C30H36N6O3/c31-19-20-4-6-21(7-5-20)28(37)34-26-18-23(29(38)33-25-11-9-24(32)10-12-25)8-13-27(26)35-14-16-36(17-15-35)30(39)22-2-1-3-22/h4-8,13,18,22,24-25H,1-3,9-12,14-17,32H2,(H,33,38)(H,34,37). The van der Waals surface area contributed by atoms with Gasteiger partial charge in [0.2, 0.25) is 5.91 Å². The second-order valence-corrected chi connectivity index (χ2v) is 10.9. The molecule has 1 aliphatic heterocycles. The number of carbonyl (C=O) groups excluding carboxylic acids is 3. The highest BCUT2D eigenvalue weighted by Gasteiger charge is 2.32. The van der Waals surface area contributed by atoms with Gasteiger partial charge >= 0.3 is 0 Å². The number of piperazine rings is 1. The maximum atomic E-state index is 13.2. The van der Waals surface area contributed by atoms with E-state index in [4.69, 9.17) is 11.0 Å². The lowest BCUT2D eigenvalue weighted by Gasteiger charge is -2.39. The first-order chi connectivity index (χ1) is 18.9. The minimum atomic E-state index is -0.321. The van der Waals surface area contributed by atoms with Gasteiger partial charge in [0.15, 0.2) is 0 Å². The largest absolute Gasteiger partial charge is 0.366 e. The van der Waals surface area contributed by atoms with Crippen LogP contribution in [0.15, 0.2) is 42.5 Å². The van der Waals surface area contributed by atoms with E-state index >= 15 is 0 Å². The fourth-order valence-electron chi connectivity index (χ4n) is 5.56. The SMILES string of the molecule is N#Cc1ccc(C(=O)Nc2cc(C(=O)NC3CCC(N)CC3)ccc2N2CCN(C(=O)C3CCC3)CC2)cc1. The number of carbonyl (C=O) groups is 3. The van der Waals surface area contributed by atoms with Crippen LogP contribution in [0.3, 0.4) is 0 Å². The Morgan fingerprint density at radius 1 is 0.846 bits per heavy atom. The van der Waals surface area contributed by atoms with E-state index in [0.29, 0.717) is 48.6 Å². The predicted octanol–water partition coefficient (Wildman–Crippen LogP) is 3.26. The third-order valence-electron chi connectivity index (χ3n) is 8.28. The van der Waals surface area contributed by atoms with Crippen LogP contribution in [0.25, 0.3) is 0 Å². The van der Waals surface area contributed by atoms with Crippen LogP contribution in [0.2, 0.25) is 0 Å². The van der Waals surface area contributed by atoms with E-state index in [0.717, 1.165) is 50.6 Å². The number of nitrogens with two attached hydrogens (primary N) is 1. The molecule has 2 aromatic carbocycles. The van der Waals surface area contributed by atoms with Crippen LogP contribution < -0.4 is 21.3 Å². The molecule has 2 saturated carbocycles. The van der Waals surface area contributed by atoms with Crippen LogP contribution in [-0.2, 0) is 4.79 Å². The maximum Gasteiger partial charge on any atom is 0.255 e. The molecule has 0 radical (unpaired) electrons. The van der Waals surface area contributed by atoms with Crippen molar-refractivity contribution in [3.8, 4) is 6.07 Å². The summed E-state index contributed by atoms with van der Waals surface area (Å²) < 4.78 is 0. The Kier molecular flexibility index (Phi) is 8.13. The number of benzene rings is 2. The molecule has 9 nitrogen and oxygen atoms in total. The molecule has 0 bridgehead atoms. The number of nitrogens with zero attached hydrogens (tertiary/aromatic N) is 3. The molecule has 2 aromatic rings. The van der Waals surface area contributed by atoms with Gasteiger partial charge in [0, 0.05) is 55.3 Å². The highest BCUT2D eigenvalue weighted by molar-refractivity contribution is 6.07. The molecular formula is C30H36N6O3. The van der Waals surface area contributed by atoms with Crippen LogP contribution in [0.1, 0.15) is 71.2 Å². The van der Waals surface area contributed by atoms with Crippen LogP contribution >= 0.6 is 0 Å². The van der Waals surface area contributed by atoms with Crippen molar-refractivity contribution in [1.82, 2.24) is 10.2 Å². The number of hydrogen-bond acceptors (Lipinski definition) is 6. The van der Waals surface area contributed by atoms with Gasteiger partial charge in [-0.2, -0.15) is 5.26 Å². The summed E-state index contributed by atoms with van der Waals surface area (Å²) in [7, 11) is 0. The lowest BCUT2D eigenvalue weighted by molar-refractivity contribution is -0.138. The van der Waals surface area contributed by atoms with Crippen molar-refractivity contribution in [2.24, 2.45) is 11.7 Å². The lowest BCUT2D eigenvalue weighted by Crippen LogP contribution is -2.51. The number of rotatable bonds is 6. The Hall–Kier alpha value is -3.90. The van der Waals surface area contributed by atoms with E-state index < -0.39 is 0 Å². The van der Waals surface area contributed by atoms with Crippen molar-refractivity contribution in [2.75, 3.05) is 36.4 Å². The first-order valence-corrected chi connectivity index (χ1v) is 14.0. The Labute approximate surface area is 229 Å². The number of anilines is 2. The Morgan fingerprint density at radius 2 is 1.51 bits per heavy atom. The van der Waals surface area contributed by atoms with Gasteiger partial charge in [-0.25, -0.2) is 0 Å². The highest BCUT2D eigenvalue weighted by Crippen LogP contribution is 2.32. The molecule has 0 unspecified atom stereocenters. The van der Waals surface area contributed by atoms with Gasteiger partial charge in [-0.3, -0.25) is 14.4 Å². The number of nitriles is 1. The molecule has 1 heterocycles. The molecule has 3 amide bonds. The molecule has 0 spiro atoms. The van der Waals surface area contributed by atoms with E-state index in [9.17, 15) is 14.4 Å². The van der Waals surface area contributed by atoms with Crippen molar-refractivity contribution in [3.05, 3.63) is 59.2 Å². The minimum Gasteiger partial charge on any atom is -0.366 e. The van der Waals surface area contributed by atoms with Crippen molar-refractivity contribution in [2.45, 2.75) is 57.0 Å². The smallest absolute Gasteiger partial charge is 0.255 e. The zero-order valence-electron chi connectivity index (χ0n) is 22.2. The van der Waals surface area contributed by atoms with Gasteiger partial charge < -0.3 is 26.2 Å². The van der Waals surface area contributed by atoms with Crippen molar-refractivity contribution < 1.29 is 14.4 Å². The maximum absolute atomic E-state index is 13.2. The van der Waals surface area contributed by atoms with Crippen LogP contribution in [-0.4, -0.2) is 60.9 Å². The molecule has 3 fully saturated rings. The lowest BCUT2D eigenvalue weighted by atomic mass is 9.84. The zero-order chi connectivity index (χ0) is 27.4. The van der Waals surface area contributed by atoms with E-state index in [1.807, 2.05) is 11.0 Å². The second kappa shape index (κ2) is 11.9.